The molecule has 0 radical (unpaired) electrons. The van der Waals surface area contributed by atoms with Gasteiger partial charge in [0.25, 0.3) is 0 Å². The molecule has 2 aromatic rings. The number of carbonyl (C=O) groups is 1. The van der Waals surface area contributed by atoms with Gasteiger partial charge in [-0.3, -0.25) is 4.79 Å². The van der Waals surface area contributed by atoms with Gasteiger partial charge in [0.2, 0.25) is 20.0 Å². The highest BCUT2D eigenvalue weighted by Crippen LogP contribution is 2.11. The van der Waals surface area contributed by atoms with Gasteiger partial charge >= 0.3 is 0 Å². The van der Waals surface area contributed by atoms with Gasteiger partial charge in [0.1, 0.15) is 0 Å². The van der Waals surface area contributed by atoms with Crippen LogP contribution in [0.4, 0.5) is 0 Å². The Hall–Kier alpha value is -2.59. The molecule has 9 heteroatoms. The van der Waals surface area contributed by atoms with Crippen molar-refractivity contribution in [3.8, 4) is 0 Å². The van der Waals surface area contributed by atoms with Crippen molar-refractivity contribution in [2.75, 3.05) is 0 Å². The Balaban J connectivity index is 2.03. The quantitative estimate of drug-likeness (QED) is 0.713. The van der Waals surface area contributed by atoms with Crippen LogP contribution in [-0.4, -0.2) is 22.6 Å². The van der Waals surface area contributed by atoms with E-state index in [1.54, 1.807) is 0 Å². The lowest BCUT2D eigenvalue weighted by Crippen LogP contribution is -2.11. The number of hydrogen-bond acceptors (Lipinski definition) is 5. The summed E-state index contributed by atoms with van der Waals surface area (Å²) in [5, 5.41) is 10.0. The van der Waals surface area contributed by atoms with Gasteiger partial charge in [0.15, 0.2) is 5.78 Å². The molecule has 4 N–H and O–H groups in total. The van der Waals surface area contributed by atoms with Crippen LogP contribution in [0, 0.1) is 0 Å². The summed E-state index contributed by atoms with van der Waals surface area (Å²) in [5.74, 6) is -0.295. The van der Waals surface area contributed by atoms with E-state index in [1.807, 2.05) is 0 Å². The molecule has 2 rings (SSSR count). The number of sulfonamides is 2. The van der Waals surface area contributed by atoms with E-state index >= 15 is 0 Å². The van der Waals surface area contributed by atoms with Gasteiger partial charge in [-0.15, -0.1) is 0 Å². The van der Waals surface area contributed by atoms with Gasteiger partial charge in [-0.1, -0.05) is 36.4 Å². The molecular weight excluding hydrogens is 376 g/mol. The van der Waals surface area contributed by atoms with Crippen molar-refractivity contribution in [2.45, 2.75) is 9.79 Å². The molecule has 0 amide bonds. The summed E-state index contributed by atoms with van der Waals surface area (Å²) < 4.78 is 44.6. The molecule has 0 aliphatic heterocycles. The molecule has 0 saturated heterocycles. The standard InChI is InChI=1S/C17H16N2O5S2/c18-25(21,22)16-9-3-13(4-10-16)1-7-15(20)8-2-14-5-11-17(12-6-14)26(19,23)24/h1-12H,(H2,18,21,22)(H2,19,23,24). The first kappa shape index (κ1) is 19.7. The molecule has 0 bridgehead atoms. The van der Waals surface area contributed by atoms with Crippen molar-refractivity contribution < 1.29 is 21.6 Å². The molecule has 26 heavy (non-hydrogen) atoms. The second-order valence-electron chi connectivity index (χ2n) is 5.30. The highest BCUT2D eigenvalue weighted by Gasteiger charge is 2.06. The lowest BCUT2D eigenvalue weighted by atomic mass is 10.1. The Morgan fingerprint density at radius 2 is 0.962 bits per heavy atom. The molecule has 136 valence electrons. The van der Waals surface area contributed by atoms with E-state index in [-0.39, 0.29) is 15.6 Å². The molecule has 0 atom stereocenters. The molecule has 0 aliphatic carbocycles. The maximum atomic E-state index is 11.8. The average molecular weight is 392 g/mol. The number of primary sulfonamides is 2. The molecular formula is C17H16N2O5S2. The molecule has 0 spiro atoms. The third-order valence-corrected chi connectivity index (χ3v) is 5.16. The van der Waals surface area contributed by atoms with Crippen molar-refractivity contribution in [1.29, 1.82) is 0 Å². The lowest BCUT2D eigenvalue weighted by Gasteiger charge is -1.98. The fraction of sp³-hybridized carbons (Fsp3) is 0. The zero-order valence-corrected chi connectivity index (χ0v) is 15.1. The van der Waals surface area contributed by atoms with Crippen LogP contribution in [0.3, 0.4) is 0 Å². The van der Waals surface area contributed by atoms with E-state index in [9.17, 15) is 21.6 Å². The summed E-state index contributed by atoms with van der Waals surface area (Å²) in [6, 6.07) is 11.5. The largest absolute Gasteiger partial charge is 0.290 e. The summed E-state index contributed by atoms with van der Waals surface area (Å²) in [6.45, 7) is 0. The predicted molar refractivity (Wildman–Crippen MR) is 98.7 cm³/mol. The van der Waals surface area contributed by atoms with Gasteiger partial charge in [-0.2, -0.15) is 0 Å². The van der Waals surface area contributed by atoms with E-state index in [2.05, 4.69) is 0 Å². The first-order chi connectivity index (χ1) is 12.1. The molecule has 2 aromatic carbocycles. The average Bonchev–Trinajstić information content (AvgIpc) is 2.57. The smallest absolute Gasteiger partial charge is 0.238 e. The molecule has 0 aliphatic rings. The summed E-state index contributed by atoms with van der Waals surface area (Å²) in [4.78, 5) is 11.8. The van der Waals surface area contributed by atoms with Crippen molar-refractivity contribution in [1.82, 2.24) is 0 Å². The van der Waals surface area contributed by atoms with Crippen LogP contribution in [0.1, 0.15) is 11.1 Å². The maximum Gasteiger partial charge on any atom is 0.238 e. The Morgan fingerprint density at radius 3 is 1.23 bits per heavy atom. The normalized spacial score (nSPS) is 12.7. The van der Waals surface area contributed by atoms with Crippen molar-refractivity contribution in [3.05, 3.63) is 71.8 Å². The monoisotopic (exact) mass is 392 g/mol. The Kier molecular flexibility index (Phi) is 5.88. The third kappa shape index (κ3) is 5.74. The van der Waals surface area contributed by atoms with Crippen molar-refractivity contribution in [3.63, 3.8) is 0 Å². The number of allylic oxidation sites excluding steroid dienone is 2. The van der Waals surface area contributed by atoms with Gasteiger partial charge in [0, 0.05) is 0 Å². The molecule has 0 unspecified atom stereocenters. The molecule has 0 aromatic heterocycles. The number of ketones is 1. The first-order valence-corrected chi connectivity index (χ1v) is 10.3. The second-order valence-corrected chi connectivity index (χ2v) is 8.42. The van der Waals surface area contributed by atoms with Crippen molar-refractivity contribution in [2.24, 2.45) is 10.3 Å². The summed E-state index contributed by atoms with van der Waals surface area (Å²) in [7, 11) is -7.50. The summed E-state index contributed by atoms with van der Waals surface area (Å²) in [5.41, 5.74) is 1.27. The fourth-order valence-electron chi connectivity index (χ4n) is 1.95. The minimum absolute atomic E-state index is 0.0104. The predicted octanol–water partition coefficient (Wildman–Crippen LogP) is 1.28. The van der Waals surface area contributed by atoms with Gasteiger partial charge < -0.3 is 0 Å². The number of hydrogen-bond donors (Lipinski definition) is 2. The van der Waals surface area contributed by atoms with E-state index in [1.165, 1.54) is 72.8 Å². The van der Waals surface area contributed by atoms with E-state index in [0.29, 0.717) is 11.1 Å². The first-order valence-electron chi connectivity index (χ1n) is 7.21. The van der Waals surface area contributed by atoms with Crippen LogP contribution in [0.25, 0.3) is 12.2 Å². The SMILES string of the molecule is NS(=O)(=O)c1ccc(C=CC(=O)C=Cc2ccc(S(N)(=O)=O)cc2)cc1. The van der Waals surface area contributed by atoms with Crippen LogP contribution in [0.2, 0.25) is 0 Å². The molecule has 0 fully saturated rings. The van der Waals surface area contributed by atoms with Gasteiger partial charge in [0.05, 0.1) is 9.79 Å². The van der Waals surface area contributed by atoms with E-state index in [0.717, 1.165) is 0 Å². The highest BCUT2D eigenvalue weighted by molar-refractivity contribution is 7.89. The molecule has 0 heterocycles. The van der Waals surface area contributed by atoms with Crippen LogP contribution in [0.15, 0.2) is 70.5 Å². The lowest BCUT2D eigenvalue weighted by molar-refractivity contribution is -0.110. The zero-order chi connectivity index (χ0) is 19.4. The summed E-state index contributed by atoms with van der Waals surface area (Å²) >= 11 is 0. The minimum Gasteiger partial charge on any atom is -0.290 e. The molecule has 7 nitrogen and oxygen atoms in total. The second kappa shape index (κ2) is 7.75. The third-order valence-electron chi connectivity index (χ3n) is 3.30. The summed E-state index contributed by atoms with van der Waals surface area (Å²) in [6.07, 6.45) is 5.70. The Bertz CT molecular complexity index is 979. The van der Waals surface area contributed by atoms with Crippen LogP contribution in [0.5, 0.6) is 0 Å². The van der Waals surface area contributed by atoms with Crippen LogP contribution < -0.4 is 10.3 Å². The van der Waals surface area contributed by atoms with E-state index < -0.39 is 20.0 Å². The maximum absolute atomic E-state index is 11.8. The van der Waals surface area contributed by atoms with Crippen molar-refractivity contribution >= 4 is 38.0 Å². The topological polar surface area (TPSA) is 137 Å². The fourth-order valence-corrected chi connectivity index (χ4v) is 2.98. The number of rotatable bonds is 6. The van der Waals surface area contributed by atoms with Gasteiger partial charge in [-0.25, -0.2) is 27.1 Å². The van der Waals surface area contributed by atoms with E-state index in [4.69, 9.17) is 10.3 Å². The Morgan fingerprint density at radius 1 is 0.654 bits per heavy atom. The zero-order valence-electron chi connectivity index (χ0n) is 13.4. The van der Waals surface area contributed by atoms with Crippen LogP contribution >= 0.6 is 0 Å². The minimum atomic E-state index is -3.75. The number of carbonyl (C=O) groups excluding carboxylic acids is 1. The van der Waals surface area contributed by atoms with Crippen LogP contribution in [-0.2, 0) is 24.8 Å². The highest BCUT2D eigenvalue weighted by atomic mass is 32.2. The number of nitrogens with two attached hydrogens (primary N) is 2. The van der Waals surface area contributed by atoms with Gasteiger partial charge in [-0.05, 0) is 47.5 Å². The Labute approximate surface area is 151 Å². The molecule has 0 saturated carbocycles. The number of benzene rings is 2.